The number of hydrogen-bond acceptors (Lipinski definition) is 2. The average Bonchev–Trinajstić information content (AvgIpc) is 3.45. The van der Waals surface area contributed by atoms with Gasteiger partial charge in [0.25, 0.3) is 0 Å². The van der Waals surface area contributed by atoms with Crippen molar-refractivity contribution < 1.29 is 4.79 Å². The Bertz CT molecular complexity index is 1530. The lowest BCUT2D eigenvalue weighted by molar-refractivity contribution is 0.194. The molecule has 1 unspecified atom stereocenters. The van der Waals surface area contributed by atoms with E-state index in [1.165, 1.54) is 0 Å². The van der Waals surface area contributed by atoms with Crippen LogP contribution in [-0.2, 0) is 6.54 Å². The minimum atomic E-state index is -0.278. The van der Waals surface area contributed by atoms with Crippen LogP contribution in [0.5, 0.6) is 0 Å². The van der Waals surface area contributed by atoms with E-state index < -0.39 is 0 Å². The number of aryl methyl sites for hydroxylation is 2. The molecule has 1 atom stereocenters. The fourth-order valence-electron chi connectivity index (χ4n) is 5.06. The Kier molecular flexibility index (Phi) is 5.41. The summed E-state index contributed by atoms with van der Waals surface area (Å²) in [6.45, 7) is 4.52. The van der Waals surface area contributed by atoms with Crippen LogP contribution in [0.25, 0.3) is 11.5 Å². The third-order valence-corrected chi connectivity index (χ3v) is 6.73. The zero-order chi connectivity index (χ0) is 24.6. The number of anilines is 1. The summed E-state index contributed by atoms with van der Waals surface area (Å²) in [5.41, 5.74) is 6.91. The van der Waals surface area contributed by atoms with Crippen LogP contribution in [0.3, 0.4) is 0 Å². The third-order valence-electron chi connectivity index (χ3n) is 6.73. The van der Waals surface area contributed by atoms with Crippen LogP contribution < -0.4 is 5.32 Å². The highest BCUT2D eigenvalue weighted by atomic mass is 16.2. The Balaban J connectivity index is 1.55. The lowest BCUT2D eigenvalue weighted by atomic mass is 10.00. The van der Waals surface area contributed by atoms with Crippen LogP contribution in [0.15, 0.2) is 103 Å². The summed E-state index contributed by atoms with van der Waals surface area (Å²) in [6, 6.07) is 31.9. The topological polar surface area (TPSA) is 55.1 Å². The molecule has 178 valence electrons. The van der Waals surface area contributed by atoms with E-state index in [1.54, 1.807) is 0 Å². The second kappa shape index (κ2) is 8.89. The van der Waals surface area contributed by atoms with Crippen LogP contribution in [0.2, 0.25) is 0 Å². The van der Waals surface area contributed by atoms with E-state index in [9.17, 15) is 4.79 Å². The number of rotatable bonds is 3. The summed E-state index contributed by atoms with van der Waals surface area (Å²) in [5.74, 6) is 0.964. The molecule has 1 N–H and O–H groups in total. The maximum Gasteiger partial charge on any atom is 0.322 e. The number of hydrogen-bond donors (Lipinski definition) is 1. The Morgan fingerprint density at radius 1 is 0.889 bits per heavy atom. The molecule has 6 rings (SSSR count). The first kappa shape index (κ1) is 21.9. The van der Waals surface area contributed by atoms with E-state index in [4.69, 9.17) is 5.10 Å². The first-order valence-corrected chi connectivity index (χ1v) is 12.1. The number of benzene rings is 3. The lowest BCUT2D eigenvalue weighted by Crippen LogP contribution is -2.38. The normalized spacial score (nSPS) is 14.6. The van der Waals surface area contributed by atoms with Gasteiger partial charge >= 0.3 is 6.03 Å². The number of fused-ring (bicyclic) bond motifs is 3. The van der Waals surface area contributed by atoms with Crippen molar-refractivity contribution in [2.75, 3.05) is 5.32 Å². The summed E-state index contributed by atoms with van der Waals surface area (Å²) in [5, 5.41) is 8.03. The second-order valence-electron chi connectivity index (χ2n) is 9.18. The first-order valence-electron chi connectivity index (χ1n) is 12.1. The second-order valence-corrected chi connectivity index (χ2v) is 9.18. The van der Waals surface area contributed by atoms with E-state index in [1.807, 2.05) is 71.1 Å². The number of aromatic nitrogens is 3. The number of nitrogens with zero attached hydrogens (tertiary/aromatic N) is 4. The molecule has 36 heavy (non-hydrogen) atoms. The Morgan fingerprint density at radius 3 is 2.39 bits per heavy atom. The predicted octanol–water partition coefficient (Wildman–Crippen LogP) is 6.42. The monoisotopic (exact) mass is 473 g/mol. The third kappa shape index (κ3) is 3.77. The van der Waals surface area contributed by atoms with Crippen molar-refractivity contribution in [2.24, 2.45) is 0 Å². The van der Waals surface area contributed by atoms with Crippen molar-refractivity contribution in [2.45, 2.75) is 26.4 Å². The van der Waals surface area contributed by atoms with Crippen LogP contribution in [-0.4, -0.2) is 25.3 Å². The number of carbonyl (C=O) groups excluding carboxylic acids is 1. The molecule has 0 saturated carbocycles. The first-order chi connectivity index (χ1) is 17.6. The molecule has 2 aromatic heterocycles. The van der Waals surface area contributed by atoms with Crippen LogP contribution in [0.4, 0.5) is 10.5 Å². The van der Waals surface area contributed by atoms with Crippen LogP contribution in [0, 0.1) is 13.8 Å². The Labute approximate surface area is 210 Å². The number of carbonyl (C=O) groups is 1. The van der Waals surface area contributed by atoms with Gasteiger partial charge in [-0.15, -0.1) is 0 Å². The van der Waals surface area contributed by atoms with Crippen molar-refractivity contribution >= 4 is 11.7 Å². The van der Waals surface area contributed by atoms with E-state index >= 15 is 0 Å². The van der Waals surface area contributed by atoms with Crippen molar-refractivity contribution in [3.05, 3.63) is 131 Å². The van der Waals surface area contributed by atoms with Gasteiger partial charge in [-0.25, -0.2) is 9.48 Å². The Hall–Kier alpha value is -4.58. The zero-order valence-electron chi connectivity index (χ0n) is 20.3. The van der Waals surface area contributed by atoms with Crippen LogP contribution in [0.1, 0.15) is 34.1 Å². The highest BCUT2D eigenvalue weighted by Crippen LogP contribution is 2.38. The summed E-state index contributed by atoms with van der Waals surface area (Å²) < 4.78 is 4.17. The van der Waals surface area contributed by atoms with E-state index in [-0.39, 0.29) is 12.1 Å². The van der Waals surface area contributed by atoms with Gasteiger partial charge in [-0.05, 0) is 55.8 Å². The predicted molar refractivity (Wildman–Crippen MR) is 142 cm³/mol. The molecule has 3 aromatic carbocycles. The zero-order valence-corrected chi connectivity index (χ0v) is 20.3. The molecule has 2 amide bonds. The molecule has 3 heterocycles. The summed E-state index contributed by atoms with van der Waals surface area (Å²) in [6.07, 6.45) is 2.07. The SMILES string of the molecule is Cc1cccc(C2c3cccn3-c3c(c(C)nn3-c3ccccc3)CN2C(=O)Nc2ccccc2)c1. The Morgan fingerprint density at radius 2 is 1.64 bits per heavy atom. The number of para-hydroxylation sites is 2. The lowest BCUT2D eigenvalue weighted by Gasteiger charge is -2.31. The molecule has 6 nitrogen and oxygen atoms in total. The molecule has 0 fully saturated rings. The van der Waals surface area contributed by atoms with Crippen LogP contribution >= 0.6 is 0 Å². The van der Waals surface area contributed by atoms with Gasteiger partial charge in [-0.2, -0.15) is 5.10 Å². The maximum atomic E-state index is 13.9. The molecule has 1 aliphatic heterocycles. The molecule has 0 aliphatic carbocycles. The van der Waals surface area contributed by atoms with Gasteiger partial charge in [0.2, 0.25) is 0 Å². The summed E-state index contributed by atoms with van der Waals surface area (Å²) in [4.78, 5) is 15.8. The minimum absolute atomic E-state index is 0.153. The van der Waals surface area contributed by atoms with Crippen molar-refractivity contribution in [1.29, 1.82) is 0 Å². The molecule has 5 aromatic rings. The summed E-state index contributed by atoms with van der Waals surface area (Å²) in [7, 11) is 0. The molecular formula is C30H27N5O. The molecule has 1 aliphatic rings. The van der Waals surface area contributed by atoms with Gasteiger partial charge in [0.1, 0.15) is 5.82 Å². The fourth-order valence-corrected chi connectivity index (χ4v) is 5.06. The fraction of sp³-hybridized carbons (Fsp3) is 0.133. The average molecular weight is 474 g/mol. The van der Waals surface area contributed by atoms with Gasteiger partial charge in [-0.3, -0.25) is 0 Å². The van der Waals surface area contributed by atoms with E-state index in [2.05, 4.69) is 65.5 Å². The number of amides is 2. The molecule has 0 saturated heterocycles. The molecule has 0 spiro atoms. The number of nitrogens with one attached hydrogen (secondary N) is 1. The summed E-state index contributed by atoms with van der Waals surface area (Å²) >= 11 is 0. The molecule has 6 heteroatoms. The molecular weight excluding hydrogens is 446 g/mol. The van der Waals surface area contributed by atoms with Gasteiger partial charge in [0.15, 0.2) is 0 Å². The highest BCUT2D eigenvalue weighted by Gasteiger charge is 2.36. The van der Waals surface area contributed by atoms with Gasteiger partial charge < -0.3 is 14.8 Å². The van der Waals surface area contributed by atoms with Crippen molar-refractivity contribution in [3.8, 4) is 11.5 Å². The highest BCUT2D eigenvalue weighted by molar-refractivity contribution is 5.90. The largest absolute Gasteiger partial charge is 0.322 e. The van der Waals surface area contributed by atoms with E-state index in [0.29, 0.717) is 6.54 Å². The smallest absolute Gasteiger partial charge is 0.308 e. The quantitative estimate of drug-likeness (QED) is 0.329. The van der Waals surface area contributed by atoms with E-state index in [0.717, 1.165) is 45.3 Å². The van der Waals surface area contributed by atoms with Crippen molar-refractivity contribution in [3.63, 3.8) is 0 Å². The minimum Gasteiger partial charge on any atom is -0.308 e. The van der Waals surface area contributed by atoms with Gasteiger partial charge in [0, 0.05) is 17.4 Å². The van der Waals surface area contributed by atoms with Gasteiger partial charge in [0.05, 0.1) is 29.7 Å². The maximum absolute atomic E-state index is 13.9. The standard InChI is InChI=1S/C30H27N5O/c1-21-11-9-12-23(19-21)28-27-17-10-18-33(27)29-26(22(2)32-35(29)25-15-7-4-8-16-25)20-34(28)30(36)31-24-13-5-3-6-14-24/h3-19,28H,20H2,1-2H3,(H,31,36). The number of urea groups is 1. The molecule has 0 radical (unpaired) electrons. The van der Waals surface area contributed by atoms with Gasteiger partial charge in [-0.1, -0.05) is 66.2 Å². The van der Waals surface area contributed by atoms with Crippen molar-refractivity contribution in [1.82, 2.24) is 19.2 Å². The molecule has 0 bridgehead atoms.